The SMILES string of the molecule is [Ca].[Na].[Na].[Na].[Na].[Na].[Na].[Na].[Na].[Na].[Na].[Sn].[Sn].[Sn].[Sn].[Sn].[Sn].[Sn].[Sn].[Sn].[Sn].[Sn].[Sn]. The first-order valence-corrected chi connectivity index (χ1v) is 0. The van der Waals surface area contributed by atoms with Crippen molar-refractivity contribution in [2.45, 2.75) is 0 Å². The van der Waals surface area contributed by atoms with Crippen molar-refractivity contribution < 1.29 is 0 Å². The van der Waals surface area contributed by atoms with Crippen LogP contribution in [-0.2, 0) is 0 Å². The van der Waals surface area contributed by atoms with Gasteiger partial charge in [-0.2, -0.15) is 0 Å². The minimum absolute atomic E-state index is 0. The third kappa shape index (κ3) is 165. The molecule has 0 heterocycles. The van der Waals surface area contributed by atoms with Crippen LogP contribution in [0.5, 0.6) is 0 Å². The van der Waals surface area contributed by atoms with Crippen LogP contribution in [0.15, 0.2) is 0 Å². The Morgan fingerprint density at radius 3 is 0.130 bits per heavy atom. The first kappa shape index (κ1) is 185. The van der Waals surface area contributed by atoms with Gasteiger partial charge in [0.25, 0.3) is 0 Å². The predicted octanol–water partition coefficient (Wildman–Crippen LogP) is -8.76. The van der Waals surface area contributed by atoms with Crippen molar-refractivity contribution in [3.05, 3.63) is 0 Å². The zero-order valence-corrected chi connectivity index (χ0v) is 73.2. The predicted molar refractivity (Wildman–Crippen MR) is 132 cm³/mol. The number of hydrogen-bond donors (Lipinski definition) is 0. The molecule has 0 aromatic carbocycles. The second kappa shape index (κ2) is 173. The van der Waals surface area contributed by atoms with Crippen LogP contribution in [0.3, 0.4) is 0 Å². The summed E-state index contributed by atoms with van der Waals surface area (Å²) in [6, 6.07) is 0. The van der Waals surface area contributed by atoms with Crippen LogP contribution in [0.2, 0.25) is 0 Å². The van der Waals surface area contributed by atoms with Crippen LogP contribution in [0.1, 0.15) is 0 Å². The monoisotopic (exact) mass is 1710 g/mol. The van der Waals surface area contributed by atoms with Crippen molar-refractivity contribution >= 4 is 620 Å². The van der Waals surface area contributed by atoms with E-state index in [9.17, 15) is 0 Å². The van der Waals surface area contributed by atoms with E-state index in [1.165, 1.54) is 0 Å². The van der Waals surface area contributed by atoms with Crippen molar-refractivity contribution in [3.8, 4) is 0 Å². The molecule has 0 bridgehead atoms. The molecular formula is CaNa10Sn12. The van der Waals surface area contributed by atoms with Crippen LogP contribution in [0.4, 0.5) is 0 Å². The molecule has 0 spiro atoms. The van der Waals surface area contributed by atoms with Gasteiger partial charge in [0.15, 0.2) is 0 Å². The summed E-state index contributed by atoms with van der Waals surface area (Å²) in [7, 11) is 0. The van der Waals surface area contributed by atoms with E-state index in [-0.39, 0.29) is 620 Å². The van der Waals surface area contributed by atoms with Crippen LogP contribution in [-0.4, -0.2) is 620 Å². The van der Waals surface area contributed by atoms with Gasteiger partial charge in [-0.15, -0.1) is 0 Å². The van der Waals surface area contributed by atoms with Crippen molar-refractivity contribution in [2.24, 2.45) is 0 Å². The Kier molecular flexibility index (Phi) is 1390. The van der Waals surface area contributed by atoms with Crippen molar-refractivity contribution in [2.75, 3.05) is 0 Å². The molecule has 60 valence electrons. The van der Waals surface area contributed by atoms with Crippen LogP contribution in [0, 0.1) is 0 Å². The smallest absolute Gasteiger partial charge is 0 e. The van der Waals surface area contributed by atoms with Crippen LogP contribution < -0.4 is 0 Å². The third-order valence-corrected chi connectivity index (χ3v) is 0. The molecule has 0 amide bonds. The zero-order valence-electron chi connectivity index (χ0n) is 16.7. The Balaban J connectivity index is 0. The quantitative estimate of drug-likeness (QED) is 0.212. The average molecular weight is 1690 g/mol. The normalized spacial score (nSPS) is 0. The summed E-state index contributed by atoms with van der Waals surface area (Å²) in [6.07, 6.45) is 0. The minimum atomic E-state index is 0. The van der Waals surface area contributed by atoms with Crippen molar-refractivity contribution in [3.63, 3.8) is 0 Å². The summed E-state index contributed by atoms with van der Waals surface area (Å²) >= 11 is 0. The Bertz CT molecular complexity index is 27.8. The molecule has 0 unspecified atom stereocenters. The Morgan fingerprint density at radius 1 is 0.130 bits per heavy atom. The second-order valence-electron chi connectivity index (χ2n) is 0. The maximum atomic E-state index is 0. The van der Waals surface area contributed by atoms with Gasteiger partial charge in [-0.3, -0.25) is 0 Å². The fourth-order valence-corrected chi connectivity index (χ4v) is 0. The van der Waals surface area contributed by atoms with E-state index in [4.69, 9.17) is 0 Å². The van der Waals surface area contributed by atoms with E-state index in [1.807, 2.05) is 0 Å². The molecule has 0 atom stereocenters. The maximum Gasteiger partial charge on any atom is 0 e. The molecule has 0 aliphatic heterocycles. The minimum Gasteiger partial charge on any atom is 0 e. The zero-order chi connectivity index (χ0) is 0. The topological polar surface area (TPSA) is 0 Å². The van der Waals surface area contributed by atoms with E-state index in [0.29, 0.717) is 0 Å². The van der Waals surface area contributed by atoms with Gasteiger partial charge in [0.2, 0.25) is 0 Å². The summed E-state index contributed by atoms with van der Waals surface area (Å²) in [4.78, 5) is 0. The summed E-state index contributed by atoms with van der Waals surface area (Å²) in [6.45, 7) is 0. The van der Waals surface area contributed by atoms with Crippen LogP contribution in [0.25, 0.3) is 0 Å². The van der Waals surface area contributed by atoms with Gasteiger partial charge in [0, 0.05) is 620 Å². The molecule has 0 aliphatic carbocycles. The van der Waals surface area contributed by atoms with Gasteiger partial charge >= 0.3 is 0 Å². The fraction of sp³-hybridized carbons (Fsp3) is 0. The summed E-state index contributed by atoms with van der Waals surface area (Å²) in [5.74, 6) is 0. The summed E-state index contributed by atoms with van der Waals surface area (Å²) in [5, 5.41) is 0. The van der Waals surface area contributed by atoms with E-state index in [2.05, 4.69) is 0 Å². The summed E-state index contributed by atoms with van der Waals surface area (Å²) < 4.78 is 0. The Morgan fingerprint density at radius 2 is 0.130 bits per heavy atom. The van der Waals surface area contributed by atoms with E-state index in [0.717, 1.165) is 0 Å². The molecular weight excluding hydrogens is 1690 g/mol. The average Bonchev–Trinajstić information content (AvgIpc) is 0. The third-order valence-electron chi connectivity index (χ3n) is 0. The second-order valence-corrected chi connectivity index (χ2v) is 0. The summed E-state index contributed by atoms with van der Waals surface area (Å²) in [5.41, 5.74) is 0. The van der Waals surface area contributed by atoms with Gasteiger partial charge < -0.3 is 0 Å². The van der Waals surface area contributed by atoms with Gasteiger partial charge in [-0.25, -0.2) is 0 Å². The van der Waals surface area contributed by atoms with Crippen LogP contribution >= 0.6 is 0 Å². The van der Waals surface area contributed by atoms with Crippen molar-refractivity contribution in [1.29, 1.82) is 0 Å². The van der Waals surface area contributed by atoms with Gasteiger partial charge in [0.05, 0.1) is 0 Å². The van der Waals surface area contributed by atoms with Crippen molar-refractivity contribution in [1.82, 2.24) is 0 Å². The molecule has 0 aromatic heterocycles. The molecule has 0 saturated carbocycles. The molecule has 0 saturated heterocycles. The molecule has 23 heavy (non-hydrogen) atoms. The molecule has 0 rings (SSSR count). The fourth-order valence-electron chi connectivity index (χ4n) is 0. The largest absolute Gasteiger partial charge is 0 e. The molecule has 60 radical (unpaired) electrons. The van der Waals surface area contributed by atoms with Gasteiger partial charge in [-0.1, -0.05) is 0 Å². The van der Waals surface area contributed by atoms with E-state index >= 15 is 0 Å². The molecule has 0 fully saturated rings. The molecule has 0 aromatic rings. The molecule has 23 heteroatoms. The first-order chi connectivity index (χ1) is 0. The maximum absolute atomic E-state index is 0. The molecule has 0 N–H and O–H groups in total. The standard InChI is InChI=1S/Ca.10Na.12Sn. The van der Waals surface area contributed by atoms with E-state index in [1.54, 1.807) is 0 Å². The van der Waals surface area contributed by atoms with E-state index < -0.39 is 0 Å². The Hall–Kier alpha value is 20.8. The van der Waals surface area contributed by atoms with Gasteiger partial charge in [0.1, 0.15) is 0 Å². The molecule has 0 nitrogen and oxygen atoms in total. The number of rotatable bonds is 0. The molecule has 0 aliphatic rings. The number of hydrogen-bond acceptors (Lipinski definition) is 0. The first-order valence-electron chi connectivity index (χ1n) is 0. The Labute approximate surface area is 599 Å². The van der Waals surface area contributed by atoms with Gasteiger partial charge in [-0.05, 0) is 0 Å².